The Morgan fingerprint density at radius 1 is 1.30 bits per heavy atom. The van der Waals surface area contributed by atoms with Gasteiger partial charge in [-0.05, 0) is 31.2 Å². The Morgan fingerprint density at radius 3 is 2.55 bits per heavy atom. The number of nitriles is 1. The number of nitrogens with one attached hydrogen (secondary N) is 2. The standard InChI is InChI=1S/C12H16ClN3O2S.ClH/c1-2-5-15-6-7-16-19(17,18)12-4-3-10(9-14)8-11(12)13;/h3-4,8,15-16H,2,5-7H2,1H3;1H. The fourth-order valence-electron chi connectivity index (χ4n) is 1.44. The average Bonchev–Trinajstić information content (AvgIpc) is 2.37. The van der Waals surface area contributed by atoms with Gasteiger partial charge in [-0.1, -0.05) is 18.5 Å². The lowest BCUT2D eigenvalue weighted by Crippen LogP contribution is -2.32. The molecular weight excluding hydrogens is 321 g/mol. The summed E-state index contributed by atoms with van der Waals surface area (Å²) in [6.07, 6.45) is 0.994. The minimum atomic E-state index is -3.63. The van der Waals surface area contributed by atoms with Crippen LogP contribution in [0.5, 0.6) is 0 Å². The van der Waals surface area contributed by atoms with Crippen LogP contribution in [0.3, 0.4) is 0 Å². The fourth-order valence-corrected chi connectivity index (χ4v) is 3.02. The predicted molar refractivity (Wildman–Crippen MR) is 81.8 cm³/mol. The van der Waals surface area contributed by atoms with E-state index in [2.05, 4.69) is 10.0 Å². The first-order valence-electron chi connectivity index (χ1n) is 5.91. The van der Waals surface area contributed by atoms with Crippen LogP contribution >= 0.6 is 24.0 Å². The fraction of sp³-hybridized carbons (Fsp3) is 0.417. The summed E-state index contributed by atoms with van der Waals surface area (Å²) >= 11 is 5.87. The van der Waals surface area contributed by atoms with Gasteiger partial charge < -0.3 is 5.32 Å². The Kier molecular flexibility index (Phi) is 8.78. The van der Waals surface area contributed by atoms with Gasteiger partial charge in [-0.3, -0.25) is 0 Å². The van der Waals surface area contributed by atoms with Crippen LogP contribution < -0.4 is 10.0 Å². The van der Waals surface area contributed by atoms with Crippen LogP contribution in [0, 0.1) is 11.3 Å². The van der Waals surface area contributed by atoms with Gasteiger partial charge in [-0.25, -0.2) is 13.1 Å². The number of hydrogen-bond acceptors (Lipinski definition) is 4. The van der Waals surface area contributed by atoms with E-state index in [0.29, 0.717) is 18.7 Å². The van der Waals surface area contributed by atoms with Crippen LogP contribution in [-0.2, 0) is 10.0 Å². The molecule has 5 nitrogen and oxygen atoms in total. The molecule has 0 bridgehead atoms. The number of nitrogens with zero attached hydrogens (tertiary/aromatic N) is 1. The molecule has 0 atom stereocenters. The number of halogens is 2. The largest absolute Gasteiger partial charge is 0.315 e. The third-order valence-corrected chi connectivity index (χ3v) is 4.32. The molecule has 20 heavy (non-hydrogen) atoms. The van der Waals surface area contributed by atoms with Crippen molar-refractivity contribution in [3.63, 3.8) is 0 Å². The van der Waals surface area contributed by atoms with E-state index in [-0.39, 0.29) is 22.3 Å². The molecule has 1 aromatic rings. The van der Waals surface area contributed by atoms with Crippen molar-refractivity contribution in [3.8, 4) is 6.07 Å². The SMILES string of the molecule is CCCNCCNS(=O)(=O)c1ccc(C#N)cc1Cl.Cl. The van der Waals surface area contributed by atoms with Gasteiger partial charge in [0.05, 0.1) is 16.7 Å². The number of benzene rings is 1. The zero-order valence-corrected chi connectivity index (χ0v) is 13.4. The van der Waals surface area contributed by atoms with Gasteiger partial charge in [0, 0.05) is 13.1 Å². The molecule has 0 saturated heterocycles. The summed E-state index contributed by atoms with van der Waals surface area (Å²) in [5.74, 6) is 0. The molecule has 0 spiro atoms. The van der Waals surface area contributed by atoms with E-state index in [1.165, 1.54) is 18.2 Å². The minimum absolute atomic E-state index is 0. The van der Waals surface area contributed by atoms with Crippen molar-refractivity contribution >= 4 is 34.0 Å². The van der Waals surface area contributed by atoms with Crippen molar-refractivity contribution < 1.29 is 8.42 Å². The summed E-state index contributed by atoms with van der Waals surface area (Å²) in [5, 5.41) is 11.8. The molecule has 1 rings (SSSR count). The van der Waals surface area contributed by atoms with E-state index < -0.39 is 10.0 Å². The monoisotopic (exact) mass is 337 g/mol. The zero-order chi connectivity index (χ0) is 14.3. The zero-order valence-electron chi connectivity index (χ0n) is 11.0. The van der Waals surface area contributed by atoms with Gasteiger partial charge in [0.1, 0.15) is 4.90 Å². The Morgan fingerprint density at radius 2 is 2.00 bits per heavy atom. The van der Waals surface area contributed by atoms with Crippen LogP contribution in [0.25, 0.3) is 0 Å². The Balaban J connectivity index is 0.00000361. The summed E-state index contributed by atoms with van der Waals surface area (Å²) in [5.41, 5.74) is 0.327. The maximum Gasteiger partial charge on any atom is 0.242 e. The van der Waals surface area contributed by atoms with Gasteiger partial charge in [-0.15, -0.1) is 12.4 Å². The molecule has 0 aliphatic heterocycles. The number of hydrogen-bond donors (Lipinski definition) is 2. The van der Waals surface area contributed by atoms with Crippen molar-refractivity contribution in [2.45, 2.75) is 18.2 Å². The third kappa shape index (κ3) is 5.65. The summed E-state index contributed by atoms with van der Waals surface area (Å²) in [6, 6.07) is 6.00. The molecule has 0 saturated carbocycles. The molecular formula is C12H17Cl2N3O2S. The first kappa shape index (κ1) is 19.2. The molecule has 0 radical (unpaired) electrons. The average molecular weight is 338 g/mol. The van der Waals surface area contributed by atoms with Gasteiger partial charge in [0.25, 0.3) is 0 Å². The topological polar surface area (TPSA) is 82.0 Å². The molecule has 8 heteroatoms. The van der Waals surface area contributed by atoms with Crippen molar-refractivity contribution in [2.75, 3.05) is 19.6 Å². The molecule has 0 unspecified atom stereocenters. The highest BCUT2D eigenvalue weighted by Gasteiger charge is 2.17. The van der Waals surface area contributed by atoms with Gasteiger partial charge in [0.2, 0.25) is 10.0 Å². The smallest absolute Gasteiger partial charge is 0.242 e. The lowest BCUT2D eigenvalue weighted by atomic mass is 10.2. The molecule has 0 aromatic heterocycles. The highest BCUT2D eigenvalue weighted by atomic mass is 35.5. The second-order valence-electron chi connectivity index (χ2n) is 3.90. The van der Waals surface area contributed by atoms with Crippen LogP contribution in [0.1, 0.15) is 18.9 Å². The van der Waals surface area contributed by atoms with Crippen LogP contribution in [0.4, 0.5) is 0 Å². The lowest BCUT2D eigenvalue weighted by Gasteiger charge is -2.09. The molecule has 0 aliphatic carbocycles. The molecule has 0 fully saturated rings. The molecule has 0 aliphatic rings. The first-order chi connectivity index (χ1) is 9.01. The first-order valence-corrected chi connectivity index (χ1v) is 7.77. The number of rotatable bonds is 7. The molecule has 112 valence electrons. The van der Waals surface area contributed by atoms with Crippen LogP contribution in [0.2, 0.25) is 5.02 Å². The number of sulfonamides is 1. The van der Waals surface area contributed by atoms with E-state index in [0.717, 1.165) is 13.0 Å². The highest BCUT2D eigenvalue weighted by molar-refractivity contribution is 7.89. The molecule has 1 aromatic carbocycles. The summed E-state index contributed by atoms with van der Waals surface area (Å²) in [4.78, 5) is -0.0105. The molecule has 0 heterocycles. The van der Waals surface area contributed by atoms with E-state index in [4.69, 9.17) is 16.9 Å². The quantitative estimate of drug-likeness (QED) is 0.744. The maximum atomic E-state index is 12.0. The molecule has 2 N–H and O–H groups in total. The Labute approximate surface area is 130 Å². The summed E-state index contributed by atoms with van der Waals surface area (Å²) in [6.45, 7) is 3.73. The van der Waals surface area contributed by atoms with Gasteiger partial charge >= 0.3 is 0 Å². The highest BCUT2D eigenvalue weighted by Crippen LogP contribution is 2.22. The van der Waals surface area contributed by atoms with E-state index in [1.54, 1.807) is 0 Å². The maximum absolute atomic E-state index is 12.0. The second-order valence-corrected chi connectivity index (χ2v) is 6.05. The van der Waals surface area contributed by atoms with Crippen molar-refractivity contribution in [1.29, 1.82) is 5.26 Å². The summed E-state index contributed by atoms with van der Waals surface area (Å²) < 4.78 is 26.4. The van der Waals surface area contributed by atoms with Crippen LogP contribution in [0.15, 0.2) is 23.1 Å². The molecule has 0 amide bonds. The van der Waals surface area contributed by atoms with E-state index >= 15 is 0 Å². The third-order valence-electron chi connectivity index (χ3n) is 2.37. The van der Waals surface area contributed by atoms with Crippen molar-refractivity contribution in [3.05, 3.63) is 28.8 Å². The van der Waals surface area contributed by atoms with Crippen molar-refractivity contribution in [1.82, 2.24) is 10.0 Å². The summed E-state index contributed by atoms with van der Waals surface area (Å²) in [7, 11) is -3.63. The minimum Gasteiger partial charge on any atom is -0.315 e. The lowest BCUT2D eigenvalue weighted by molar-refractivity contribution is 0.575. The Bertz CT molecular complexity index is 571. The van der Waals surface area contributed by atoms with E-state index in [1.807, 2.05) is 13.0 Å². The van der Waals surface area contributed by atoms with Crippen molar-refractivity contribution in [2.24, 2.45) is 0 Å². The van der Waals surface area contributed by atoms with Crippen LogP contribution in [-0.4, -0.2) is 28.1 Å². The Hall–Kier alpha value is -0.840. The second kappa shape index (κ2) is 9.16. The van der Waals surface area contributed by atoms with Gasteiger partial charge in [-0.2, -0.15) is 5.26 Å². The predicted octanol–water partition coefficient (Wildman–Crippen LogP) is 1.91. The van der Waals surface area contributed by atoms with E-state index in [9.17, 15) is 8.42 Å². The normalized spacial score (nSPS) is 10.7. The van der Waals surface area contributed by atoms with Gasteiger partial charge in [0.15, 0.2) is 0 Å².